The molecule has 2 heterocycles. The number of halogens is 1. The fourth-order valence-corrected chi connectivity index (χ4v) is 3.32. The summed E-state index contributed by atoms with van der Waals surface area (Å²) in [6.45, 7) is 4.84. The summed E-state index contributed by atoms with van der Waals surface area (Å²) >= 11 is 0. The molecule has 30 heavy (non-hydrogen) atoms. The maximum atomic E-state index is 13.3. The molecule has 0 unspecified atom stereocenters. The molecule has 6 nitrogen and oxygen atoms in total. The van der Waals surface area contributed by atoms with Gasteiger partial charge in [-0.1, -0.05) is 12.1 Å². The summed E-state index contributed by atoms with van der Waals surface area (Å²) in [6.07, 6.45) is 1.70. The van der Waals surface area contributed by atoms with E-state index in [0.29, 0.717) is 24.6 Å². The molecule has 0 aliphatic rings. The van der Waals surface area contributed by atoms with Gasteiger partial charge in [0.1, 0.15) is 17.2 Å². The maximum absolute atomic E-state index is 13.3. The number of urea groups is 1. The van der Waals surface area contributed by atoms with Crippen LogP contribution in [0.5, 0.6) is 0 Å². The third-order valence-corrected chi connectivity index (χ3v) is 5.08. The maximum Gasteiger partial charge on any atom is 0.319 e. The number of benzene rings is 2. The number of imidazole rings is 1. The minimum Gasteiger partial charge on any atom is -0.336 e. The summed E-state index contributed by atoms with van der Waals surface area (Å²) in [5, 5.41) is 5.77. The fraction of sp³-hybridized carbons (Fsp3) is 0.174. The molecule has 7 heteroatoms. The van der Waals surface area contributed by atoms with E-state index in [2.05, 4.69) is 20.6 Å². The van der Waals surface area contributed by atoms with E-state index in [1.165, 1.54) is 12.1 Å². The van der Waals surface area contributed by atoms with Gasteiger partial charge in [0.15, 0.2) is 5.65 Å². The highest BCUT2D eigenvalue weighted by Gasteiger charge is 2.14. The Labute approximate surface area is 173 Å². The molecular formula is C23H22FN5O. The standard InChI is InChI=1S/C23H22FN5O/c1-15-5-3-6-19(16(15)2)28-23(30)26-13-14-29-21(17-8-10-18(24)11-9-17)27-20-7-4-12-25-22(20)29/h3-12H,13-14H2,1-2H3,(H2,26,28,30). The minimum atomic E-state index is -0.302. The first-order valence-corrected chi connectivity index (χ1v) is 9.71. The van der Waals surface area contributed by atoms with Crippen LogP contribution in [0.15, 0.2) is 60.8 Å². The van der Waals surface area contributed by atoms with E-state index < -0.39 is 0 Å². The first-order valence-electron chi connectivity index (χ1n) is 9.71. The number of hydrogen-bond acceptors (Lipinski definition) is 3. The highest BCUT2D eigenvalue weighted by atomic mass is 19.1. The third-order valence-electron chi connectivity index (χ3n) is 5.08. The van der Waals surface area contributed by atoms with Gasteiger partial charge in [-0.05, 0) is 67.4 Å². The molecule has 0 saturated carbocycles. The fourth-order valence-electron chi connectivity index (χ4n) is 3.32. The molecular weight excluding hydrogens is 381 g/mol. The average molecular weight is 403 g/mol. The average Bonchev–Trinajstić information content (AvgIpc) is 3.11. The van der Waals surface area contributed by atoms with Crippen LogP contribution >= 0.6 is 0 Å². The summed E-state index contributed by atoms with van der Waals surface area (Å²) in [5.41, 5.74) is 5.19. The second kappa shape index (κ2) is 8.32. The monoisotopic (exact) mass is 403 g/mol. The van der Waals surface area contributed by atoms with Crippen LogP contribution in [0.1, 0.15) is 11.1 Å². The molecule has 0 saturated heterocycles. The smallest absolute Gasteiger partial charge is 0.319 e. The molecule has 2 amide bonds. The first kappa shape index (κ1) is 19.6. The van der Waals surface area contributed by atoms with Crippen molar-refractivity contribution < 1.29 is 9.18 Å². The van der Waals surface area contributed by atoms with Gasteiger partial charge in [0.05, 0.1) is 0 Å². The quantitative estimate of drug-likeness (QED) is 0.508. The van der Waals surface area contributed by atoms with Crippen LogP contribution in [0, 0.1) is 19.7 Å². The Hall–Kier alpha value is -3.74. The second-order valence-corrected chi connectivity index (χ2v) is 7.07. The van der Waals surface area contributed by atoms with Gasteiger partial charge in [0.25, 0.3) is 0 Å². The SMILES string of the molecule is Cc1cccc(NC(=O)NCCn2c(-c3ccc(F)cc3)nc3cccnc32)c1C. The molecule has 4 aromatic rings. The molecule has 0 aliphatic heterocycles. The highest BCUT2D eigenvalue weighted by molar-refractivity contribution is 5.90. The van der Waals surface area contributed by atoms with Crippen molar-refractivity contribution in [3.8, 4) is 11.4 Å². The molecule has 2 aromatic heterocycles. The predicted octanol–water partition coefficient (Wildman–Crippen LogP) is 4.68. The first-order chi connectivity index (χ1) is 14.5. The molecule has 0 atom stereocenters. The van der Waals surface area contributed by atoms with Crippen molar-refractivity contribution in [2.24, 2.45) is 0 Å². The lowest BCUT2D eigenvalue weighted by molar-refractivity contribution is 0.251. The molecule has 0 bridgehead atoms. The van der Waals surface area contributed by atoms with Crippen LogP contribution in [-0.2, 0) is 6.54 Å². The number of rotatable bonds is 5. The van der Waals surface area contributed by atoms with Crippen molar-refractivity contribution in [2.75, 3.05) is 11.9 Å². The van der Waals surface area contributed by atoms with E-state index >= 15 is 0 Å². The number of nitrogens with zero attached hydrogens (tertiary/aromatic N) is 3. The number of carbonyl (C=O) groups is 1. The number of carbonyl (C=O) groups excluding carboxylic acids is 1. The zero-order valence-corrected chi connectivity index (χ0v) is 16.8. The van der Waals surface area contributed by atoms with Gasteiger partial charge in [0.2, 0.25) is 0 Å². The van der Waals surface area contributed by atoms with Crippen molar-refractivity contribution in [3.05, 3.63) is 77.7 Å². The largest absolute Gasteiger partial charge is 0.336 e. The molecule has 0 aliphatic carbocycles. The van der Waals surface area contributed by atoms with Gasteiger partial charge in [-0.15, -0.1) is 0 Å². The molecule has 2 aromatic carbocycles. The van der Waals surface area contributed by atoms with E-state index in [0.717, 1.165) is 27.9 Å². The Morgan fingerprint density at radius 1 is 1.07 bits per heavy atom. The number of aromatic nitrogens is 3. The van der Waals surface area contributed by atoms with Crippen molar-refractivity contribution in [3.63, 3.8) is 0 Å². The Morgan fingerprint density at radius 2 is 1.87 bits per heavy atom. The summed E-state index contributed by atoms with van der Waals surface area (Å²) in [5.74, 6) is 0.379. The van der Waals surface area contributed by atoms with Crippen molar-refractivity contribution in [1.82, 2.24) is 19.9 Å². The molecule has 0 spiro atoms. The lowest BCUT2D eigenvalue weighted by Gasteiger charge is -2.13. The topological polar surface area (TPSA) is 71.8 Å². The molecule has 2 N–H and O–H groups in total. The number of pyridine rings is 1. The number of aryl methyl sites for hydroxylation is 1. The van der Waals surface area contributed by atoms with Crippen molar-refractivity contribution in [1.29, 1.82) is 0 Å². The van der Waals surface area contributed by atoms with Gasteiger partial charge >= 0.3 is 6.03 Å². The van der Waals surface area contributed by atoms with Crippen LogP contribution in [-0.4, -0.2) is 27.1 Å². The third kappa shape index (κ3) is 4.00. The van der Waals surface area contributed by atoms with E-state index in [-0.39, 0.29) is 11.8 Å². The summed E-state index contributed by atoms with van der Waals surface area (Å²) in [6, 6.07) is 15.4. The minimum absolute atomic E-state index is 0.274. The van der Waals surface area contributed by atoms with E-state index in [1.807, 2.05) is 48.7 Å². The van der Waals surface area contributed by atoms with Crippen molar-refractivity contribution in [2.45, 2.75) is 20.4 Å². The zero-order valence-electron chi connectivity index (χ0n) is 16.8. The number of fused-ring (bicyclic) bond motifs is 1. The summed E-state index contributed by atoms with van der Waals surface area (Å²) < 4.78 is 15.3. The van der Waals surface area contributed by atoms with Gasteiger partial charge in [-0.3, -0.25) is 0 Å². The molecule has 0 fully saturated rings. The number of nitrogens with one attached hydrogen (secondary N) is 2. The predicted molar refractivity (Wildman–Crippen MR) is 116 cm³/mol. The van der Waals surface area contributed by atoms with E-state index in [1.54, 1.807) is 18.3 Å². The van der Waals surface area contributed by atoms with E-state index in [9.17, 15) is 9.18 Å². The normalized spacial score (nSPS) is 10.9. The van der Waals surface area contributed by atoms with Crippen molar-refractivity contribution >= 4 is 22.9 Å². The lowest BCUT2D eigenvalue weighted by atomic mass is 10.1. The van der Waals surface area contributed by atoms with Crippen LogP contribution in [0.4, 0.5) is 14.9 Å². The zero-order chi connectivity index (χ0) is 21.1. The molecule has 4 rings (SSSR count). The molecule has 152 valence electrons. The second-order valence-electron chi connectivity index (χ2n) is 7.07. The highest BCUT2D eigenvalue weighted by Crippen LogP contribution is 2.23. The molecule has 0 radical (unpaired) electrons. The van der Waals surface area contributed by atoms with Crippen LogP contribution in [0.25, 0.3) is 22.6 Å². The Bertz CT molecular complexity index is 1200. The summed E-state index contributed by atoms with van der Waals surface area (Å²) in [4.78, 5) is 21.4. The van der Waals surface area contributed by atoms with Gasteiger partial charge < -0.3 is 15.2 Å². The number of amides is 2. The van der Waals surface area contributed by atoms with Gasteiger partial charge in [0, 0.05) is 30.5 Å². The Kier molecular flexibility index (Phi) is 5.43. The Balaban J connectivity index is 1.51. The van der Waals surface area contributed by atoms with E-state index in [4.69, 9.17) is 0 Å². The van der Waals surface area contributed by atoms with Gasteiger partial charge in [-0.25, -0.2) is 19.2 Å². The van der Waals surface area contributed by atoms with Gasteiger partial charge in [-0.2, -0.15) is 0 Å². The van der Waals surface area contributed by atoms with Crippen LogP contribution in [0.3, 0.4) is 0 Å². The number of anilines is 1. The Morgan fingerprint density at radius 3 is 2.67 bits per heavy atom. The van der Waals surface area contributed by atoms with Crippen LogP contribution in [0.2, 0.25) is 0 Å². The number of hydrogen-bond donors (Lipinski definition) is 2. The van der Waals surface area contributed by atoms with Crippen LogP contribution < -0.4 is 10.6 Å². The lowest BCUT2D eigenvalue weighted by Crippen LogP contribution is -2.31. The summed E-state index contributed by atoms with van der Waals surface area (Å²) in [7, 11) is 0.